The molecule has 2 N–H and O–H groups in total. The molecule has 1 unspecified atom stereocenters. The van der Waals surface area contributed by atoms with Gasteiger partial charge in [0.05, 0.1) is 6.54 Å². The van der Waals surface area contributed by atoms with Gasteiger partial charge in [-0.1, -0.05) is 32.8 Å². The summed E-state index contributed by atoms with van der Waals surface area (Å²) in [6.45, 7) is 10.2. The third kappa shape index (κ3) is 4.73. The van der Waals surface area contributed by atoms with Crippen molar-refractivity contribution in [3.63, 3.8) is 0 Å². The zero-order chi connectivity index (χ0) is 12.7. The first kappa shape index (κ1) is 14.0. The van der Waals surface area contributed by atoms with Crippen LogP contribution < -0.4 is 10.6 Å². The molecule has 1 rings (SSSR count). The molecular weight excluding hydrogens is 216 g/mol. The molecule has 0 bridgehead atoms. The number of rotatable bonds is 8. The molecule has 0 aliphatic heterocycles. The highest BCUT2D eigenvalue weighted by atomic mass is 16.4. The maximum Gasteiger partial charge on any atom is 0.315 e. The molecule has 1 aromatic rings. The minimum Gasteiger partial charge on any atom is -0.407 e. The average Bonchev–Trinajstić information content (AvgIpc) is 2.74. The van der Waals surface area contributed by atoms with Crippen molar-refractivity contribution >= 4 is 6.01 Å². The van der Waals surface area contributed by atoms with Crippen LogP contribution in [0.5, 0.6) is 0 Å². The summed E-state index contributed by atoms with van der Waals surface area (Å²) in [5.41, 5.74) is 0. The summed E-state index contributed by atoms with van der Waals surface area (Å²) in [5, 5.41) is 14.5. The molecule has 1 aromatic heterocycles. The average molecular weight is 240 g/mol. The van der Waals surface area contributed by atoms with Crippen LogP contribution in [0.2, 0.25) is 0 Å². The van der Waals surface area contributed by atoms with E-state index in [1.807, 2.05) is 0 Å². The van der Waals surface area contributed by atoms with Gasteiger partial charge < -0.3 is 15.1 Å². The molecular formula is C12H24N4O. The summed E-state index contributed by atoms with van der Waals surface area (Å²) in [6.07, 6.45) is 2.15. The monoisotopic (exact) mass is 240 g/mol. The van der Waals surface area contributed by atoms with E-state index in [0.717, 1.165) is 19.4 Å². The molecule has 5 heteroatoms. The van der Waals surface area contributed by atoms with Crippen molar-refractivity contribution in [2.45, 2.75) is 53.1 Å². The molecule has 1 heterocycles. The summed E-state index contributed by atoms with van der Waals surface area (Å²) in [6, 6.07) is 0.908. The van der Waals surface area contributed by atoms with Crippen molar-refractivity contribution in [1.82, 2.24) is 15.5 Å². The molecule has 0 aliphatic carbocycles. The first-order valence-electron chi connectivity index (χ1n) is 6.47. The van der Waals surface area contributed by atoms with Crippen molar-refractivity contribution in [3.8, 4) is 0 Å². The molecule has 5 nitrogen and oxygen atoms in total. The molecule has 0 amide bonds. The summed E-state index contributed by atoms with van der Waals surface area (Å²) in [5.74, 6) is 1.19. The maximum absolute atomic E-state index is 5.52. The molecule has 0 aliphatic rings. The van der Waals surface area contributed by atoms with Crippen LogP contribution in [0.15, 0.2) is 4.42 Å². The Kier molecular flexibility index (Phi) is 5.97. The molecule has 0 aromatic carbocycles. The van der Waals surface area contributed by atoms with E-state index in [2.05, 4.69) is 48.5 Å². The summed E-state index contributed by atoms with van der Waals surface area (Å²) in [4.78, 5) is 0. The lowest BCUT2D eigenvalue weighted by atomic mass is 10.0. The molecule has 0 saturated heterocycles. The zero-order valence-corrected chi connectivity index (χ0v) is 11.3. The maximum atomic E-state index is 5.52. The second kappa shape index (κ2) is 7.27. The van der Waals surface area contributed by atoms with Crippen LogP contribution in [0.4, 0.5) is 6.01 Å². The predicted molar refractivity (Wildman–Crippen MR) is 68.8 cm³/mol. The van der Waals surface area contributed by atoms with Gasteiger partial charge in [0.1, 0.15) is 0 Å². The van der Waals surface area contributed by atoms with Crippen molar-refractivity contribution in [2.75, 3.05) is 11.9 Å². The van der Waals surface area contributed by atoms with E-state index in [9.17, 15) is 0 Å². The van der Waals surface area contributed by atoms with Crippen LogP contribution in [0, 0.1) is 5.92 Å². The minimum absolute atomic E-state index is 0.381. The highest BCUT2D eigenvalue weighted by Gasteiger charge is 2.14. The normalized spacial score (nSPS) is 13.0. The van der Waals surface area contributed by atoms with E-state index >= 15 is 0 Å². The smallest absolute Gasteiger partial charge is 0.315 e. The highest BCUT2D eigenvalue weighted by molar-refractivity contribution is 5.19. The minimum atomic E-state index is 0.381. The van der Waals surface area contributed by atoms with Gasteiger partial charge in [0.25, 0.3) is 0 Å². The second-order valence-electron chi connectivity index (χ2n) is 4.58. The fraction of sp³-hybridized carbons (Fsp3) is 0.833. The summed E-state index contributed by atoms with van der Waals surface area (Å²) < 4.78 is 5.52. The fourth-order valence-electron chi connectivity index (χ4n) is 1.65. The number of hydrogen-bond donors (Lipinski definition) is 2. The Morgan fingerprint density at radius 3 is 2.59 bits per heavy atom. The van der Waals surface area contributed by atoms with Gasteiger partial charge in [-0.2, -0.15) is 0 Å². The van der Waals surface area contributed by atoms with Crippen LogP contribution in [0.25, 0.3) is 0 Å². The van der Waals surface area contributed by atoms with Crippen molar-refractivity contribution in [1.29, 1.82) is 0 Å². The Labute approximate surface area is 103 Å². The number of nitrogens with zero attached hydrogens (tertiary/aromatic N) is 2. The Hall–Kier alpha value is -1.10. The van der Waals surface area contributed by atoms with Gasteiger partial charge in [-0.05, 0) is 25.3 Å². The Balaban J connectivity index is 2.44. The lowest BCUT2D eigenvalue weighted by Gasteiger charge is -2.18. The number of aromatic nitrogens is 2. The van der Waals surface area contributed by atoms with Crippen LogP contribution in [0.3, 0.4) is 0 Å². The number of nitrogens with one attached hydrogen (secondary N) is 2. The largest absolute Gasteiger partial charge is 0.407 e. The van der Waals surface area contributed by atoms with Gasteiger partial charge >= 0.3 is 6.01 Å². The lowest BCUT2D eigenvalue weighted by Crippen LogP contribution is -2.24. The van der Waals surface area contributed by atoms with E-state index in [-0.39, 0.29) is 0 Å². The second-order valence-corrected chi connectivity index (χ2v) is 4.58. The fourth-order valence-corrected chi connectivity index (χ4v) is 1.65. The zero-order valence-electron chi connectivity index (χ0n) is 11.3. The van der Waals surface area contributed by atoms with Crippen LogP contribution in [0.1, 0.15) is 46.4 Å². The first-order chi connectivity index (χ1) is 8.17. The quantitative estimate of drug-likeness (QED) is 0.683. The Morgan fingerprint density at radius 2 is 2.00 bits per heavy atom. The van der Waals surface area contributed by atoms with Crippen LogP contribution in [-0.4, -0.2) is 22.8 Å². The van der Waals surface area contributed by atoms with Crippen LogP contribution >= 0.6 is 0 Å². The number of anilines is 1. The topological polar surface area (TPSA) is 63.0 Å². The molecule has 17 heavy (non-hydrogen) atoms. The molecule has 1 atom stereocenters. The molecule has 0 spiro atoms. The predicted octanol–water partition coefficient (Wildman–Crippen LogP) is 2.42. The number of hydrogen-bond acceptors (Lipinski definition) is 5. The third-order valence-electron chi connectivity index (χ3n) is 2.72. The van der Waals surface area contributed by atoms with Gasteiger partial charge in [-0.15, -0.1) is 5.10 Å². The van der Waals surface area contributed by atoms with E-state index in [1.54, 1.807) is 0 Å². The highest BCUT2D eigenvalue weighted by Crippen LogP contribution is 2.13. The molecule has 0 fully saturated rings. The summed E-state index contributed by atoms with van der Waals surface area (Å²) in [7, 11) is 0. The van der Waals surface area contributed by atoms with Gasteiger partial charge in [-0.25, -0.2) is 0 Å². The third-order valence-corrected chi connectivity index (χ3v) is 2.72. The SMILES string of the molecule is CCCNCc1nnc(NC(CC)C(C)C)o1. The molecule has 0 radical (unpaired) electrons. The van der Waals surface area contributed by atoms with E-state index in [0.29, 0.717) is 30.4 Å². The van der Waals surface area contributed by atoms with E-state index in [1.165, 1.54) is 0 Å². The van der Waals surface area contributed by atoms with Crippen LogP contribution in [-0.2, 0) is 6.54 Å². The van der Waals surface area contributed by atoms with Gasteiger partial charge in [0, 0.05) is 6.04 Å². The standard InChI is InChI=1S/C12H24N4O/c1-5-7-13-8-11-15-16-12(17-11)14-10(6-2)9(3)4/h9-10,13H,5-8H2,1-4H3,(H,14,16). The first-order valence-corrected chi connectivity index (χ1v) is 6.47. The summed E-state index contributed by atoms with van der Waals surface area (Å²) >= 11 is 0. The lowest BCUT2D eigenvalue weighted by molar-refractivity contribution is 0.451. The van der Waals surface area contributed by atoms with Gasteiger partial charge in [0.2, 0.25) is 5.89 Å². The van der Waals surface area contributed by atoms with Crippen molar-refractivity contribution < 1.29 is 4.42 Å². The van der Waals surface area contributed by atoms with Gasteiger partial charge in [0.15, 0.2) is 0 Å². The van der Waals surface area contributed by atoms with Crippen molar-refractivity contribution in [3.05, 3.63) is 5.89 Å². The van der Waals surface area contributed by atoms with E-state index < -0.39 is 0 Å². The van der Waals surface area contributed by atoms with E-state index in [4.69, 9.17) is 4.42 Å². The van der Waals surface area contributed by atoms with Gasteiger partial charge in [-0.3, -0.25) is 0 Å². The Bertz CT molecular complexity index is 311. The molecule has 98 valence electrons. The van der Waals surface area contributed by atoms with Crippen molar-refractivity contribution in [2.24, 2.45) is 5.92 Å². The Morgan fingerprint density at radius 1 is 1.24 bits per heavy atom. The molecule has 0 saturated carbocycles.